The van der Waals surface area contributed by atoms with Gasteiger partial charge in [-0.2, -0.15) is 4.98 Å². The van der Waals surface area contributed by atoms with Crippen LogP contribution in [0.15, 0.2) is 47.0 Å². The number of carbonyl (C=O) groups is 1. The molecule has 2 aliphatic heterocycles. The highest BCUT2D eigenvalue weighted by atomic mass is 16.6. The van der Waals surface area contributed by atoms with E-state index in [0.29, 0.717) is 31.0 Å². The summed E-state index contributed by atoms with van der Waals surface area (Å²) in [5, 5.41) is 7.37. The standard InChI is InChI=1S/C25H25N5O4/c1-15-21(16(2)34-28-15)18-8-9-19-22-23(18)32-14-20(17-6-4-3-5-7-17)30(22)24(27-19)33-25(31)29-12-10-26-11-13-29/h3-9,20,26H,10-14H2,1-2H3. The lowest BCUT2D eigenvalue weighted by Gasteiger charge is -2.29. The van der Waals surface area contributed by atoms with Crippen LogP contribution in [0.1, 0.15) is 23.1 Å². The number of hydrogen-bond acceptors (Lipinski definition) is 7. The van der Waals surface area contributed by atoms with E-state index < -0.39 is 0 Å². The Bertz CT molecular complexity index is 1350. The topological polar surface area (TPSA) is 94.6 Å². The Kier molecular flexibility index (Phi) is 4.99. The number of piperazine rings is 1. The highest BCUT2D eigenvalue weighted by Crippen LogP contribution is 2.45. The van der Waals surface area contributed by atoms with E-state index in [1.165, 1.54) is 0 Å². The first-order chi connectivity index (χ1) is 16.6. The van der Waals surface area contributed by atoms with Gasteiger partial charge < -0.3 is 24.2 Å². The van der Waals surface area contributed by atoms with Gasteiger partial charge in [-0.05, 0) is 31.5 Å². The van der Waals surface area contributed by atoms with E-state index >= 15 is 0 Å². The molecular weight excluding hydrogens is 434 g/mol. The number of aromatic nitrogens is 3. The van der Waals surface area contributed by atoms with Gasteiger partial charge >= 0.3 is 12.1 Å². The van der Waals surface area contributed by atoms with Crippen molar-refractivity contribution in [3.8, 4) is 22.9 Å². The molecule has 0 bridgehead atoms. The summed E-state index contributed by atoms with van der Waals surface area (Å²) in [5.74, 6) is 1.41. The molecule has 1 amide bonds. The predicted molar refractivity (Wildman–Crippen MR) is 125 cm³/mol. The maximum Gasteiger partial charge on any atom is 0.417 e. The Labute approximate surface area is 196 Å². The van der Waals surface area contributed by atoms with Crippen molar-refractivity contribution in [1.29, 1.82) is 0 Å². The second-order valence-electron chi connectivity index (χ2n) is 8.62. The number of carbonyl (C=O) groups excluding carboxylic acids is 1. The van der Waals surface area contributed by atoms with Crippen molar-refractivity contribution in [3.63, 3.8) is 0 Å². The number of rotatable bonds is 3. The van der Waals surface area contributed by atoms with Gasteiger partial charge in [0.05, 0.1) is 22.8 Å². The fourth-order valence-corrected chi connectivity index (χ4v) is 4.86. The minimum absolute atomic E-state index is 0.190. The van der Waals surface area contributed by atoms with E-state index in [-0.39, 0.29) is 18.1 Å². The third kappa shape index (κ3) is 3.31. The molecular formula is C25H25N5O4. The first-order valence-corrected chi connectivity index (χ1v) is 11.4. The number of hydrogen-bond donors (Lipinski definition) is 1. The lowest BCUT2D eigenvalue weighted by molar-refractivity contribution is 0.138. The molecule has 1 saturated heterocycles. The van der Waals surface area contributed by atoms with Gasteiger partial charge in [0.2, 0.25) is 0 Å². The van der Waals surface area contributed by atoms with E-state index in [9.17, 15) is 4.79 Å². The minimum atomic E-state index is -0.390. The van der Waals surface area contributed by atoms with Crippen molar-refractivity contribution >= 4 is 17.1 Å². The highest BCUT2D eigenvalue weighted by molar-refractivity contribution is 5.93. The third-order valence-electron chi connectivity index (χ3n) is 6.51. The van der Waals surface area contributed by atoms with Gasteiger partial charge in [-0.1, -0.05) is 35.5 Å². The van der Waals surface area contributed by atoms with Crippen LogP contribution in [0.4, 0.5) is 4.79 Å². The van der Waals surface area contributed by atoms with Crippen LogP contribution in [0.3, 0.4) is 0 Å². The van der Waals surface area contributed by atoms with Crippen molar-refractivity contribution < 1.29 is 18.8 Å². The molecule has 0 radical (unpaired) electrons. The normalized spacial score (nSPS) is 17.6. The van der Waals surface area contributed by atoms with Crippen LogP contribution in [-0.4, -0.2) is 58.5 Å². The SMILES string of the molecule is Cc1noc(C)c1-c1ccc2nc(OC(=O)N3CCNCC3)n3c2c1OCC3c1ccccc1. The van der Waals surface area contributed by atoms with Gasteiger partial charge in [-0.25, -0.2) is 4.79 Å². The Morgan fingerprint density at radius 2 is 1.91 bits per heavy atom. The number of nitrogens with one attached hydrogen (secondary N) is 1. The molecule has 4 aromatic rings. The van der Waals surface area contributed by atoms with Gasteiger partial charge in [-0.3, -0.25) is 4.57 Å². The molecule has 0 saturated carbocycles. The van der Waals surface area contributed by atoms with Crippen LogP contribution in [0.25, 0.3) is 22.2 Å². The Hall–Kier alpha value is -3.85. The largest absolute Gasteiger partial charge is 0.488 e. The van der Waals surface area contributed by atoms with Crippen LogP contribution < -0.4 is 14.8 Å². The van der Waals surface area contributed by atoms with Crippen molar-refractivity contribution in [2.24, 2.45) is 0 Å². The zero-order chi connectivity index (χ0) is 23.2. The molecule has 1 unspecified atom stereocenters. The molecule has 0 aliphatic carbocycles. The van der Waals surface area contributed by atoms with Gasteiger partial charge in [0.15, 0.2) is 5.75 Å². The summed E-state index contributed by atoms with van der Waals surface area (Å²) in [6.45, 7) is 6.88. The minimum Gasteiger partial charge on any atom is -0.488 e. The smallest absolute Gasteiger partial charge is 0.417 e. The summed E-state index contributed by atoms with van der Waals surface area (Å²) < 4.78 is 19.7. The molecule has 9 heteroatoms. The Balaban J connectivity index is 1.52. The van der Waals surface area contributed by atoms with Gasteiger partial charge in [0, 0.05) is 31.7 Å². The molecule has 1 fully saturated rings. The second kappa shape index (κ2) is 8.18. The van der Waals surface area contributed by atoms with Crippen LogP contribution in [-0.2, 0) is 0 Å². The average Bonchev–Trinajstić information content (AvgIpc) is 3.41. The maximum absolute atomic E-state index is 13.0. The number of imidazole rings is 1. The summed E-state index contributed by atoms with van der Waals surface area (Å²) in [4.78, 5) is 19.4. The first kappa shape index (κ1) is 20.7. The van der Waals surface area contributed by atoms with Gasteiger partial charge in [0.1, 0.15) is 17.9 Å². The number of amides is 1. The molecule has 2 aliphatic rings. The molecule has 34 heavy (non-hydrogen) atoms. The molecule has 2 aromatic heterocycles. The van der Waals surface area contributed by atoms with Crippen LogP contribution in [0.5, 0.6) is 11.8 Å². The van der Waals surface area contributed by atoms with Crippen molar-refractivity contribution in [3.05, 3.63) is 59.5 Å². The fourth-order valence-electron chi connectivity index (χ4n) is 4.86. The number of nitrogens with zero attached hydrogens (tertiary/aromatic N) is 4. The average molecular weight is 460 g/mol. The second-order valence-corrected chi connectivity index (χ2v) is 8.62. The fraction of sp³-hybridized carbons (Fsp3) is 0.320. The van der Waals surface area contributed by atoms with Gasteiger partial charge in [0.25, 0.3) is 0 Å². The number of aryl methyl sites for hydroxylation is 2. The highest BCUT2D eigenvalue weighted by Gasteiger charge is 2.33. The molecule has 0 spiro atoms. The summed E-state index contributed by atoms with van der Waals surface area (Å²) in [5.41, 5.74) is 5.13. The monoisotopic (exact) mass is 459 g/mol. The molecule has 9 nitrogen and oxygen atoms in total. The van der Waals surface area contributed by atoms with Crippen LogP contribution in [0.2, 0.25) is 0 Å². The summed E-state index contributed by atoms with van der Waals surface area (Å²) in [7, 11) is 0. The zero-order valence-corrected chi connectivity index (χ0v) is 19.1. The first-order valence-electron chi connectivity index (χ1n) is 11.4. The summed E-state index contributed by atoms with van der Waals surface area (Å²) in [6.07, 6.45) is -0.390. The van der Waals surface area contributed by atoms with Crippen molar-refractivity contribution in [2.45, 2.75) is 19.9 Å². The summed E-state index contributed by atoms with van der Waals surface area (Å²) >= 11 is 0. The Morgan fingerprint density at radius 3 is 2.65 bits per heavy atom. The van der Waals surface area contributed by atoms with Crippen LogP contribution in [0, 0.1) is 13.8 Å². The lowest BCUT2D eigenvalue weighted by atomic mass is 10.00. The van der Waals surface area contributed by atoms with Crippen molar-refractivity contribution in [1.82, 2.24) is 24.9 Å². The Morgan fingerprint density at radius 1 is 1.12 bits per heavy atom. The van der Waals surface area contributed by atoms with Crippen LogP contribution >= 0.6 is 0 Å². The molecule has 2 aromatic carbocycles. The molecule has 6 rings (SSSR count). The molecule has 174 valence electrons. The summed E-state index contributed by atoms with van der Waals surface area (Å²) in [6, 6.07) is 14.0. The number of benzene rings is 2. The maximum atomic E-state index is 13.0. The third-order valence-corrected chi connectivity index (χ3v) is 6.51. The van der Waals surface area contributed by atoms with E-state index in [4.69, 9.17) is 19.0 Å². The predicted octanol–water partition coefficient (Wildman–Crippen LogP) is 3.69. The van der Waals surface area contributed by atoms with Gasteiger partial charge in [-0.15, -0.1) is 0 Å². The molecule has 4 heterocycles. The quantitative estimate of drug-likeness (QED) is 0.499. The molecule has 1 N–H and O–H groups in total. The molecule has 1 atom stereocenters. The van der Waals surface area contributed by atoms with E-state index in [2.05, 4.69) is 10.5 Å². The lowest BCUT2D eigenvalue weighted by Crippen LogP contribution is -2.47. The van der Waals surface area contributed by atoms with E-state index in [0.717, 1.165) is 46.8 Å². The van der Waals surface area contributed by atoms with E-state index in [1.807, 2.05) is 60.9 Å². The van der Waals surface area contributed by atoms with Crippen molar-refractivity contribution in [2.75, 3.05) is 32.8 Å². The van der Waals surface area contributed by atoms with E-state index in [1.54, 1.807) is 4.90 Å². The number of ether oxygens (including phenoxy) is 2. The zero-order valence-electron chi connectivity index (χ0n) is 19.1.